The molecule has 0 amide bonds. The first kappa shape index (κ1) is 25.4. The van der Waals surface area contributed by atoms with Crippen LogP contribution in [0.15, 0.2) is 77.9 Å². The molecule has 1 N–H and O–H groups in total. The molecular formula is C26H22ClF3N4O2. The average Bonchev–Trinajstić information content (AvgIpc) is 3.22. The number of hydrogen-bond donors (Lipinski definition) is 1. The lowest BCUT2D eigenvalue weighted by atomic mass is 10.0. The number of alkyl halides is 3. The second-order valence-electron chi connectivity index (χ2n) is 8.08. The summed E-state index contributed by atoms with van der Waals surface area (Å²) in [5.41, 5.74) is 0.328. The molecule has 1 aliphatic heterocycles. The number of aliphatic hydroxyl groups excluding tert-OH is 1. The van der Waals surface area contributed by atoms with E-state index >= 15 is 0 Å². The molecule has 0 aliphatic carbocycles. The summed E-state index contributed by atoms with van der Waals surface area (Å²) in [5, 5.41) is 13.9. The first-order chi connectivity index (χ1) is 17.3. The molecule has 6 nitrogen and oxygen atoms in total. The monoisotopic (exact) mass is 514 g/mol. The molecule has 0 saturated carbocycles. The maximum absolute atomic E-state index is 13.4. The highest BCUT2D eigenvalue weighted by Crippen LogP contribution is 2.38. The van der Waals surface area contributed by atoms with Gasteiger partial charge in [-0.25, -0.2) is 0 Å². The van der Waals surface area contributed by atoms with E-state index in [-0.39, 0.29) is 6.61 Å². The first-order valence-electron chi connectivity index (χ1n) is 11.1. The Balaban J connectivity index is 1.70. The molecule has 0 spiro atoms. The third kappa shape index (κ3) is 5.73. The normalized spacial score (nSPS) is 16.9. The molecular weight excluding hydrogens is 493 g/mol. The van der Waals surface area contributed by atoms with E-state index in [0.717, 1.165) is 12.1 Å². The summed E-state index contributed by atoms with van der Waals surface area (Å²) in [6.07, 6.45) is -4.06. The van der Waals surface area contributed by atoms with Crippen molar-refractivity contribution in [3.63, 3.8) is 0 Å². The van der Waals surface area contributed by atoms with Crippen LogP contribution in [-0.2, 0) is 6.18 Å². The molecule has 0 unspecified atom stereocenters. The molecule has 1 aliphatic rings. The summed E-state index contributed by atoms with van der Waals surface area (Å²) in [7, 11) is 0. The standard InChI is InChI=1S/C26H22ClF3N4O2/c1-31-32-25-33(14-3-15-35)17-24(18-4-2-5-19(16-18)26(28,29)30)34(25)21-8-12-23(13-9-21)36-22-10-6-20(27)7-11-22/h2,4-13,16,24,35H,3,14-15,17H2/b32-25+/t24-/m1/s1. The quantitative estimate of drug-likeness (QED) is 0.285. The van der Waals surface area contributed by atoms with Crippen LogP contribution in [0.4, 0.5) is 18.9 Å². The van der Waals surface area contributed by atoms with Crippen molar-refractivity contribution in [2.75, 3.05) is 24.6 Å². The molecule has 36 heavy (non-hydrogen) atoms. The van der Waals surface area contributed by atoms with Crippen LogP contribution in [0.3, 0.4) is 0 Å². The van der Waals surface area contributed by atoms with Crippen LogP contribution in [0.5, 0.6) is 11.5 Å². The molecule has 186 valence electrons. The van der Waals surface area contributed by atoms with E-state index in [0.29, 0.717) is 53.2 Å². The van der Waals surface area contributed by atoms with Crippen molar-refractivity contribution in [3.05, 3.63) is 100 Å². The Kier molecular flexibility index (Phi) is 7.67. The zero-order valence-electron chi connectivity index (χ0n) is 19.0. The van der Waals surface area contributed by atoms with Crippen molar-refractivity contribution >= 4 is 23.2 Å². The number of anilines is 1. The van der Waals surface area contributed by atoms with Gasteiger partial charge < -0.3 is 14.7 Å². The van der Waals surface area contributed by atoms with Gasteiger partial charge in [0.15, 0.2) is 0 Å². The van der Waals surface area contributed by atoms with Crippen LogP contribution < -0.4 is 9.64 Å². The zero-order chi connectivity index (χ0) is 25.7. The highest BCUT2D eigenvalue weighted by atomic mass is 35.5. The molecule has 0 aromatic heterocycles. The lowest BCUT2D eigenvalue weighted by Crippen LogP contribution is -2.34. The minimum atomic E-state index is -4.48. The van der Waals surface area contributed by atoms with Gasteiger partial charge >= 0.3 is 6.18 Å². The number of guanidine groups is 1. The van der Waals surface area contributed by atoms with Gasteiger partial charge in [0.2, 0.25) is 0 Å². The molecule has 10 heteroatoms. The zero-order valence-corrected chi connectivity index (χ0v) is 19.7. The van der Waals surface area contributed by atoms with Gasteiger partial charge in [-0.05, 0) is 72.6 Å². The molecule has 1 atom stereocenters. The minimum Gasteiger partial charge on any atom is -0.457 e. The lowest BCUT2D eigenvalue weighted by molar-refractivity contribution is -0.137. The van der Waals surface area contributed by atoms with Gasteiger partial charge in [0.1, 0.15) is 16.6 Å². The first-order valence-corrected chi connectivity index (χ1v) is 11.5. The lowest BCUT2D eigenvalue weighted by Gasteiger charge is -2.25. The highest BCUT2D eigenvalue weighted by Gasteiger charge is 2.40. The van der Waals surface area contributed by atoms with E-state index in [1.807, 2.05) is 0 Å². The second kappa shape index (κ2) is 10.9. The fraction of sp³-hybridized carbons (Fsp3) is 0.231. The maximum Gasteiger partial charge on any atom is 0.416 e. The topological polar surface area (TPSA) is 52.7 Å². The van der Waals surface area contributed by atoms with E-state index in [1.165, 1.54) is 6.07 Å². The summed E-state index contributed by atoms with van der Waals surface area (Å²) in [6.45, 7) is 7.94. The number of benzene rings is 3. The van der Waals surface area contributed by atoms with Crippen LogP contribution in [0.2, 0.25) is 5.02 Å². The van der Waals surface area contributed by atoms with E-state index in [2.05, 4.69) is 10.1 Å². The van der Waals surface area contributed by atoms with E-state index in [9.17, 15) is 18.3 Å². The number of hydrogen-bond acceptors (Lipinski definition) is 3. The van der Waals surface area contributed by atoms with Gasteiger partial charge in [-0.1, -0.05) is 23.7 Å². The summed E-state index contributed by atoms with van der Waals surface area (Å²) >= 11 is 5.92. The predicted molar refractivity (Wildman–Crippen MR) is 132 cm³/mol. The summed E-state index contributed by atoms with van der Waals surface area (Å²) < 4.78 is 46.1. The van der Waals surface area contributed by atoms with E-state index in [4.69, 9.17) is 22.9 Å². The molecule has 1 saturated heterocycles. The molecule has 3 aromatic rings. The van der Waals surface area contributed by atoms with Crippen LogP contribution in [0.1, 0.15) is 23.6 Å². The summed E-state index contributed by atoms with van der Waals surface area (Å²) in [6, 6.07) is 18.5. The van der Waals surface area contributed by atoms with Gasteiger partial charge in [0.25, 0.3) is 5.96 Å². The molecule has 1 fully saturated rings. The molecule has 4 rings (SSSR count). The number of rotatable bonds is 7. The van der Waals surface area contributed by atoms with Gasteiger partial charge in [0, 0.05) is 30.4 Å². The number of nitrogens with zero attached hydrogens (tertiary/aromatic N) is 4. The average molecular weight is 515 g/mol. The molecule has 0 bridgehead atoms. The molecule has 3 aromatic carbocycles. The summed E-state index contributed by atoms with van der Waals surface area (Å²) in [4.78, 5) is 6.74. The Labute approximate surface area is 211 Å². The van der Waals surface area contributed by atoms with Crippen LogP contribution in [0, 0.1) is 6.57 Å². The van der Waals surface area contributed by atoms with Crippen molar-refractivity contribution in [3.8, 4) is 11.5 Å². The second-order valence-corrected chi connectivity index (χ2v) is 8.52. The van der Waals surface area contributed by atoms with Gasteiger partial charge in [-0.2, -0.15) is 19.7 Å². The van der Waals surface area contributed by atoms with Crippen molar-refractivity contribution in [2.45, 2.75) is 18.6 Å². The van der Waals surface area contributed by atoms with Crippen molar-refractivity contribution in [1.82, 2.24) is 4.90 Å². The van der Waals surface area contributed by atoms with E-state index < -0.39 is 17.8 Å². The van der Waals surface area contributed by atoms with Crippen molar-refractivity contribution < 1.29 is 23.0 Å². The number of ether oxygens (including phenoxy) is 1. The highest BCUT2D eigenvalue weighted by molar-refractivity contribution is 6.30. The Morgan fingerprint density at radius 2 is 1.72 bits per heavy atom. The fourth-order valence-electron chi connectivity index (χ4n) is 4.06. The smallest absolute Gasteiger partial charge is 0.416 e. The van der Waals surface area contributed by atoms with Crippen LogP contribution in [-0.4, -0.2) is 35.7 Å². The van der Waals surface area contributed by atoms with Crippen LogP contribution >= 0.6 is 11.6 Å². The number of halogens is 4. The van der Waals surface area contributed by atoms with Gasteiger partial charge in [-0.15, -0.1) is 4.95 Å². The summed E-state index contributed by atoms with van der Waals surface area (Å²) in [5.74, 6) is 1.46. The molecule has 0 radical (unpaired) electrons. The Bertz CT molecular complexity index is 1260. The third-order valence-corrected chi connectivity index (χ3v) is 5.94. The predicted octanol–water partition coefficient (Wildman–Crippen LogP) is 6.59. The van der Waals surface area contributed by atoms with Gasteiger partial charge in [0.05, 0.1) is 11.6 Å². The minimum absolute atomic E-state index is 0.0627. The number of aliphatic hydroxyl groups is 1. The Morgan fingerprint density at radius 3 is 2.33 bits per heavy atom. The Hall–Kier alpha value is -3.74. The Morgan fingerprint density at radius 1 is 1.06 bits per heavy atom. The SMILES string of the molecule is [C-]#[N+]/N=C1\N(CCCO)C[C@H](c2cccc(C(F)(F)F)c2)N1c1ccc(Oc2ccc(Cl)cc2)cc1. The van der Waals surface area contributed by atoms with Crippen molar-refractivity contribution in [2.24, 2.45) is 5.10 Å². The molecule has 1 heterocycles. The van der Waals surface area contributed by atoms with Crippen LogP contribution in [0.25, 0.3) is 4.95 Å². The third-order valence-electron chi connectivity index (χ3n) is 5.69. The maximum atomic E-state index is 13.4. The van der Waals surface area contributed by atoms with E-state index in [1.54, 1.807) is 64.4 Å². The van der Waals surface area contributed by atoms with Crippen molar-refractivity contribution in [1.29, 1.82) is 0 Å². The largest absolute Gasteiger partial charge is 0.457 e. The fourth-order valence-corrected chi connectivity index (χ4v) is 4.18. The van der Waals surface area contributed by atoms with Gasteiger partial charge in [-0.3, -0.25) is 4.90 Å².